The van der Waals surface area contributed by atoms with E-state index in [0.717, 1.165) is 25.9 Å². The molecule has 0 radical (unpaired) electrons. The maximum absolute atomic E-state index is 12.9. The van der Waals surface area contributed by atoms with Crippen LogP contribution in [0.3, 0.4) is 0 Å². The highest BCUT2D eigenvalue weighted by atomic mass is 16.5. The minimum absolute atomic E-state index is 0.0502. The van der Waals surface area contributed by atoms with Crippen molar-refractivity contribution < 1.29 is 19.4 Å². The lowest BCUT2D eigenvalue weighted by molar-refractivity contribution is 0.138. The molecule has 1 saturated heterocycles. The van der Waals surface area contributed by atoms with Crippen LogP contribution in [0.25, 0.3) is 11.0 Å². The Kier molecular flexibility index (Phi) is 8.64. The Labute approximate surface area is 228 Å². The van der Waals surface area contributed by atoms with Crippen molar-refractivity contribution >= 4 is 23.2 Å². The monoisotopic (exact) mass is 537 g/mol. The first-order chi connectivity index (χ1) is 18.5. The smallest absolute Gasteiger partial charge is 0.405 e. The van der Waals surface area contributed by atoms with E-state index in [1.54, 1.807) is 13.1 Å². The molecule has 1 aliphatic rings. The number of hydrogen-bond acceptors (Lipinski definition) is 5. The number of carbonyl (C=O) groups is 2. The van der Waals surface area contributed by atoms with Crippen molar-refractivity contribution in [3.05, 3.63) is 64.6 Å². The molecule has 1 atom stereocenters. The van der Waals surface area contributed by atoms with Crippen LogP contribution in [0, 0.1) is 5.92 Å². The predicted molar refractivity (Wildman–Crippen MR) is 151 cm³/mol. The predicted octanol–water partition coefficient (Wildman–Crippen LogP) is 3.62. The molecule has 39 heavy (non-hydrogen) atoms. The van der Waals surface area contributed by atoms with Gasteiger partial charge in [-0.15, -0.1) is 0 Å². The van der Waals surface area contributed by atoms with E-state index in [1.807, 2.05) is 42.5 Å². The number of carbonyl (C=O) groups excluding carboxylic acids is 1. The summed E-state index contributed by atoms with van der Waals surface area (Å²) in [7, 11) is 1.66. The quantitative estimate of drug-likeness (QED) is 0.404. The summed E-state index contributed by atoms with van der Waals surface area (Å²) < 4.78 is 8.57. The third kappa shape index (κ3) is 7.00. The van der Waals surface area contributed by atoms with Gasteiger partial charge in [0.15, 0.2) is 0 Å². The topological polar surface area (TPSA) is 118 Å². The minimum Gasteiger partial charge on any atom is -0.491 e. The van der Waals surface area contributed by atoms with E-state index in [1.165, 1.54) is 14.7 Å². The molecular weight excluding hydrogens is 498 g/mol. The molecule has 0 spiro atoms. The zero-order valence-corrected chi connectivity index (χ0v) is 23.1. The zero-order chi connectivity index (χ0) is 28.2. The number of hydrogen-bond donors (Lipinski definition) is 3. The number of benzene rings is 2. The van der Waals surface area contributed by atoms with Gasteiger partial charge in [0.05, 0.1) is 17.1 Å². The van der Waals surface area contributed by atoms with Crippen LogP contribution in [0.2, 0.25) is 0 Å². The molecule has 10 nitrogen and oxygen atoms in total. The van der Waals surface area contributed by atoms with E-state index in [4.69, 9.17) is 4.74 Å². The van der Waals surface area contributed by atoms with Crippen LogP contribution in [-0.4, -0.2) is 70.1 Å². The van der Waals surface area contributed by atoms with Gasteiger partial charge in [-0.05, 0) is 67.1 Å². The molecule has 0 bridgehead atoms. The molecule has 10 heteroatoms. The molecule has 2 heterocycles. The first-order valence-electron chi connectivity index (χ1n) is 13.4. The van der Waals surface area contributed by atoms with Crippen molar-refractivity contribution in [2.75, 3.05) is 32.8 Å². The average Bonchev–Trinajstić information content (AvgIpc) is 3.16. The summed E-state index contributed by atoms with van der Waals surface area (Å²) in [5, 5.41) is 14.8. The number of piperidine rings is 1. The Morgan fingerprint density at radius 1 is 1.05 bits per heavy atom. The molecule has 3 aromatic rings. The number of ether oxygens (including phenoxy) is 1. The van der Waals surface area contributed by atoms with Crippen molar-refractivity contribution in [2.24, 2.45) is 13.0 Å². The molecule has 4 rings (SSSR count). The van der Waals surface area contributed by atoms with E-state index in [9.17, 15) is 19.5 Å². The van der Waals surface area contributed by atoms with Crippen LogP contribution < -0.4 is 21.1 Å². The van der Waals surface area contributed by atoms with E-state index in [2.05, 4.69) is 36.3 Å². The maximum Gasteiger partial charge on any atom is 0.405 e. The van der Waals surface area contributed by atoms with Gasteiger partial charge in [-0.1, -0.05) is 45.0 Å². The Balaban J connectivity index is 1.26. The lowest BCUT2D eigenvalue weighted by Gasteiger charge is -2.34. The first kappa shape index (κ1) is 28.2. The number of nitrogens with one attached hydrogen (secondary N) is 2. The van der Waals surface area contributed by atoms with E-state index >= 15 is 0 Å². The summed E-state index contributed by atoms with van der Waals surface area (Å²) in [4.78, 5) is 39.1. The first-order valence-corrected chi connectivity index (χ1v) is 13.4. The van der Waals surface area contributed by atoms with Crippen LogP contribution in [0.1, 0.15) is 39.2 Å². The van der Waals surface area contributed by atoms with Gasteiger partial charge in [-0.25, -0.2) is 19.0 Å². The van der Waals surface area contributed by atoms with Gasteiger partial charge >= 0.3 is 17.8 Å². The van der Waals surface area contributed by atoms with Gasteiger partial charge in [-0.3, -0.25) is 4.57 Å². The largest absolute Gasteiger partial charge is 0.491 e. The molecule has 2 amide bonds. The summed E-state index contributed by atoms with van der Waals surface area (Å²) in [6.07, 6.45) is 0.646. The standard InChI is InChI=1S/C29H39N5O5/c1-29(2,3)21-9-11-23(12-10-21)39-19-22(31-27(36)37)18-33-15-13-20(14-16-33)17-30-26(35)34-25-8-6-5-7-24(25)32(4)28(34)38/h5-12,20,22,31H,13-19H2,1-4H3,(H,30,35)(H,36,37). The summed E-state index contributed by atoms with van der Waals surface area (Å²) in [6.45, 7) is 9.28. The Morgan fingerprint density at radius 2 is 1.69 bits per heavy atom. The van der Waals surface area contributed by atoms with Gasteiger partial charge < -0.3 is 25.4 Å². The van der Waals surface area contributed by atoms with Crippen molar-refractivity contribution in [3.8, 4) is 5.75 Å². The molecule has 0 aliphatic carbocycles. The van der Waals surface area contributed by atoms with Crippen LogP contribution in [0.15, 0.2) is 53.3 Å². The second-order valence-corrected chi connectivity index (χ2v) is 11.3. The minimum atomic E-state index is -1.08. The van der Waals surface area contributed by atoms with Crippen molar-refractivity contribution in [1.29, 1.82) is 0 Å². The molecule has 1 fully saturated rings. The van der Waals surface area contributed by atoms with Crippen LogP contribution in [-0.2, 0) is 12.5 Å². The number of carboxylic acid groups (broad SMARTS) is 1. The van der Waals surface area contributed by atoms with E-state index < -0.39 is 12.1 Å². The van der Waals surface area contributed by atoms with Crippen molar-refractivity contribution in [3.63, 3.8) is 0 Å². The number of rotatable bonds is 8. The van der Waals surface area contributed by atoms with E-state index in [-0.39, 0.29) is 29.7 Å². The second kappa shape index (κ2) is 11.9. The summed E-state index contributed by atoms with van der Waals surface area (Å²) in [5.74, 6) is 0.985. The van der Waals surface area contributed by atoms with Crippen LogP contribution in [0.5, 0.6) is 5.75 Å². The van der Waals surface area contributed by atoms with Gasteiger partial charge in [0.25, 0.3) is 0 Å². The van der Waals surface area contributed by atoms with Gasteiger partial charge in [0.2, 0.25) is 0 Å². The third-order valence-electron chi connectivity index (χ3n) is 7.39. The summed E-state index contributed by atoms with van der Waals surface area (Å²) in [5.41, 5.74) is 2.18. The fourth-order valence-corrected chi connectivity index (χ4v) is 5.05. The number of amides is 2. The highest BCUT2D eigenvalue weighted by Gasteiger charge is 2.24. The molecule has 1 aliphatic heterocycles. The number of imidazole rings is 1. The molecule has 0 saturated carbocycles. The lowest BCUT2D eigenvalue weighted by atomic mass is 9.87. The SMILES string of the molecule is Cn1c(=O)n(C(=O)NCC2CCN(CC(COc3ccc(C(C)(C)C)cc3)NC(=O)O)CC2)c2ccccc21. The van der Waals surface area contributed by atoms with E-state index in [0.29, 0.717) is 29.9 Å². The zero-order valence-electron chi connectivity index (χ0n) is 23.1. The van der Waals surface area contributed by atoms with Crippen molar-refractivity contribution in [2.45, 2.75) is 45.1 Å². The number of aromatic nitrogens is 2. The lowest BCUT2D eigenvalue weighted by Crippen LogP contribution is -2.49. The third-order valence-corrected chi connectivity index (χ3v) is 7.39. The number of para-hydroxylation sites is 2. The molecule has 1 unspecified atom stereocenters. The van der Waals surface area contributed by atoms with Gasteiger partial charge in [0, 0.05) is 20.1 Å². The van der Waals surface area contributed by atoms with Gasteiger partial charge in [-0.2, -0.15) is 0 Å². The molecule has 2 aromatic carbocycles. The highest BCUT2D eigenvalue weighted by molar-refractivity contribution is 5.89. The molecule has 1 aromatic heterocycles. The van der Waals surface area contributed by atoms with Gasteiger partial charge in [0.1, 0.15) is 12.4 Å². The number of fused-ring (bicyclic) bond motifs is 1. The molecular formula is C29H39N5O5. The second-order valence-electron chi connectivity index (χ2n) is 11.3. The Bertz CT molecular complexity index is 1350. The van der Waals surface area contributed by atoms with Crippen LogP contribution in [0.4, 0.5) is 9.59 Å². The maximum atomic E-state index is 12.9. The fourth-order valence-electron chi connectivity index (χ4n) is 5.05. The normalized spacial score (nSPS) is 15.7. The number of likely N-dealkylation sites (tertiary alicyclic amines) is 1. The fraction of sp³-hybridized carbons (Fsp3) is 0.483. The Morgan fingerprint density at radius 3 is 2.31 bits per heavy atom. The summed E-state index contributed by atoms with van der Waals surface area (Å²) >= 11 is 0. The highest BCUT2D eigenvalue weighted by Crippen LogP contribution is 2.24. The number of aryl methyl sites for hydroxylation is 1. The average molecular weight is 538 g/mol. The van der Waals surface area contributed by atoms with Crippen LogP contribution >= 0.6 is 0 Å². The Hall–Kier alpha value is -3.79. The number of nitrogens with zero attached hydrogens (tertiary/aromatic N) is 3. The molecule has 210 valence electrons. The van der Waals surface area contributed by atoms with Crippen molar-refractivity contribution in [1.82, 2.24) is 24.7 Å². The summed E-state index contributed by atoms with van der Waals surface area (Å²) in [6, 6.07) is 14.3. The molecule has 3 N–H and O–H groups in total.